The Morgan fingerprint density at radius 1 is 0.905 bits per heavy atom. The number of para-hydroxylation sites is 1. The van der Waals surface area contributed by atoms with E-state index in [1.165, 1.54) is 0 Å². The summed E-state index contributed by atoms with van der Waals surface area (Å²) in [4.78, 5) is 12.0. The molecule has 2 aromatic carbocycles. The molecule has 0 aliphatic heterocycles. The molecule has 108 valence electrons. The molecule has 0 heterocycles. The van der Waals surface area contributed by atoms with Gasteiger partial charge in [-0.3, -0.25) is 10.1 Å². The smallest absolute Gasteiger partial charge is 0.258 e. The number of anilines is 1. The fraction of sp³-hybridized carbons (Fsp3) is 0. The number of nitrogens with one attached hydrogen (secondary N) is 2. The maximum absolute atomic E-state index is 12.0. The zero-order chi connectivity index (χ0) is 15.4. The molecule has 0 bridgehead atoms. The van der Waals surface area contributed by atoms with Crippen molar-refractivity contribution in [3.63, 3.8) is 0 Å². The molecule has 0 fully saturated rings. The Kier molecular flexibility index (Phi) is 5.42. The fourth-order valence-electron chi connectivity index (χ4n) is 1.58. The summed E-state index contributed by atoms with van der Waals surface area (Å²) in [6.45, 7) is 0. The molecule has 0 unspecified atom stereocenters. The Bertz CT molecular complexity index is 686. The number of hydrogen-bond acceptors (Lipinski definition) is 2. The maximum Gasteiger partial charge on any atom is 0.258 e. The van der Waals surface area contributed by atoms with E-state index >= 15 is 0 Å². The molecule has 21 heavy (non-hydrogen) atoms. The van der Waals surface area contributed by atoms with Crippen molar-refractivity contribution in [1.82, 2.24) is 5.32 Å². The third kappa shape index (κ3) is 4.08. The third-order valence-electron chi connectivity index (χ3n) is 2.55. The number of amides is 1. The Morgan fingerprint density at radius 2 is 1.48 bits per heavy atom. The van der Waals surface area contributed by atoms with Gasteiger partial charge in [0.1, 0.15) is 0 Å². The molecule has 0 radical (unpaired) electrons. The summed E-state index contributed by atoms with van der Waals surface area (Å²) in [5.74, 6) is -0.415. The zero-order valence-electron chi connectivity index (χ0n) is 10.5. The predicted octanol–water partition coefficient (Wildman–Crippen LogP) is 4.77. The van der Waals surface area contributed by atoms with Gasteiger partial charge in [0.25, 0.3) is 5.91 Å². The topological polar surface area (TPSA) is 41.1 Å². The van der Waals surface area contributed by atoms with E-state index in [1.807, 2.05) is 0 Å². The lowest BCUT2D eigenvalue weighted by Gasteiger charge is -2.12. The van der Waals surface area contributed by atoms with Crippen molar-refractivity contribution in [3.8, 4) is 0 Å². The second-order valence-corrected chi connectivity index (χ2v) is 5.61. The summed E-state index contributed by atoms with van der Waals surface area (Å²) in [5.41, 5.74) is 0.763. The van der Waals surface area contributed by atoms with Gasteiger partial charge in [-0.15, -0.1) is 0 Å². The van der Waals surface area contributed by atoms with Crippen LogP contribution in [0, 0.1) is 0 Å². The van der Waals surface area contributed by atoms with Crippen LogP contribution in [0.15, 0.2) is 42.5 Å². The molecule has 0 spiro atoms. The molecule has 0 saturated heterocycles. The monoisotopic (exact) mass is 358 g/mol. The van der Waals surface area contributed by atoms with E-state index in [-0.39, 0.29) is 5.11 Å². The largest absolute Gasteiger partial charge is 0.330 e. The Hall–Kier alpha value is -1.33. The first kappa shape index (κ1) is 16.0. The van der Waals surface area contributed by atoms with Crippen LogP contribution >= 0.6 is 47.0 Å². The minimum absolute atomic E-state index is 0.0786. The highest BCUT2D eigenvalue weighted by atomic mass is 35.5. The molecule has 0 aromatic heterocycles. The van der Waals surface area contributed by atoms with E-state index in [0.29, 0.717) is 26.3 Å². The molecule has 2 N–H and O–H groups in total. The Morgan fingerprint density at radius 3 is 2.10 bits per heavy atom. The summed E-state index contributed by atoms with van der Waals surface area (Å²) in [5, 5.41) is 6.53. The number of hydrogen-bond donors (Lipinski definition) is 2. The van der Waals surface area contributed by atoms with Crippen LogP contribution in [0.4, 0.5) is 5.69 Å². The predicted molar refractivity (Wildman–Crippen MR) is 91.6 cm³/mol. The second-order valence-electron chi connectivity index (χ2n) is 3.98. The number of carbonyl (C=O) groups is 1. The molecular weight excluding hydrogens is 351 g/mol. The Labute approximate surface area is 142 Å². The van der Waals surface area contributed by atoms with E-state index in [1.54, 1.807) is 42.5 Å². The summed E-state index contributed by atoms with van der Waals surface area (Å²) < 4.78 is 0. The lowest BCUT2D eigenvalue weighted by molar-refractivity contribution is 0.0978. The molecule has 3 nitrogen and oxygen atoms in total. The summed E-state index contributed by atoms with van der Waals surface area (Å²) >= 11 is 23.0. The number of carbonyl (C=O) groups excluding carboxylic acids is 1. The van der Waals surface area contributed by atoms with E-state index < -0.39 is 5.91 Å². The van der Waals surface area contributed by atoms with E-state index in [0.717, 1.165) is 0 Å². The van der Waals surface area contributed by atoms with Crippen molar-refractivity contribution in [2.24, 2.45) is 0 Å². The number of rotatable bonds is 2. The van der Waals surface area contributed by atoms with Gasteiger partial charge in [0.2, 0.25) is 0 Å². The summed E-state index contributed by atoms with van der Waals surface area (Å²) in [7, 11) is 0. The molecule has 7 heteroatoms. The van der Waals surface area contributed by atoms with Crippen molar-refractivity contribution in [3.05, 3.63) is 63.1 Å². The van der Waals surface area contributed by atoms with Crippen LogP contribution in [0.25, 0.3) is 0 Å². The number of benzene rings is 2. The molecule has 0 aliphatic carbocycles. The van der Waals surface area contributed by atoms with Crippen molar-refractivity contribution < 1.29 is 4.79 Å². The standard InChI is InChI=1S/C14H9Cl3N2OS/c15-9-5-2-1-4-8(9)13(20)19-14(21)18-12-10(16)6-3-7-11(12)17/h1-7H,(H2,18,19,20,21). The number of halogens is 3. The number of thiocarbonyl (C=S) groups is 1. The highest BCUT2D eigenvalue weighted by molar-refractivity contribution is 7.80. The fourth-order valence-corrected chi connectivity index (χ4v) is 2.49. The Balaban J connectivity index is 2.09. The minimum Gasteiger partial charge on any atom is -0.330 e. The van der Waals surface area contributed by atoms with Crippen molar-refractivity contribution in [1.29, 1.82) is 0 Å². The van der Waals surface area contributed by atoms with Gasteiger partial charge in [-0.1, -0.05) is 53.0 Å². The molecule has 2 aromatic rings. The van der Waals surface area contributed by atoms with Crippen LogP contribution in [-0.2, 0) is 0 Å². The summed E-state index contributed by atoms with van der Waals surface area (Å²) in [6, 6.07) is 11.7. The van der Waals surface area contributed by atoms with Gasteiger partial charge in [0, 0.05) is 0 Å². The minimum atomic E-state index is -0.415. The lowest BCUT2D eigenvalue weighted by Crippen LogP contribution is -2.34. The maximum atomic E-state index is 12.0. The van der Waals surface area contributed by atoms with E-state index in [4.69, 9.17) is 47.0 Å². The van der Waals surface area contributed by atoms with Gasteiger partial charge < -0.3 is 5.32 Å². The molecule has 0 aliphatic rings. The van der Waals surface area contributed by atoms with Crippen molar-refractivity contribution in [2.75, 3.05) is 5.32 Å². The van der Waals surface area contributed by atoms with Crippen molar-refractivity contribution in [2.45, 2.75) is 0 Å². The zero-order valence-corrected chi connectivity index (χ0v) is 13.6. The molecule has 0 atom stereocenters. The average Bonchev–Trinajstić information content (AvgIpc) is 2.43. The average molecular weight is 360 g/mol. The van der Waals surface area contributed by atoms with Gasteiger partial charge in [-0.25, -0.2) is 0 Å². The first-order valence-electron chi connectivity index (χ1n) is 5.80. The van der Waals surface area contributed by atoms with E-state index in [2.05, 4.69) is 10.6 Å². The lowest BCUT2D eigenvalue weighted by atomic mass is 10.2. The third-order valence-corrected chi connectivity index (χ3v) is 3.71. The molecule has 0 saturated carbocycles. The van der Waals surface area contributed by atoms with Crippen LogP contribution in [0.2, 0.25) is 15.1 Å². The van der Waals surface area contributed by atoms with Crippen LogP contribution in [0.3, 0.4) is 0 Å². The van der Waals surface area contributed by atoms with Crippen LogP contribution in [0.1, 0.15) is 10.4 Å². The van der Waals surface area contributed by atoms with Crippen LogP contribution in [-0.4, -0.2) is 11.0 Å². The van der Waals surface area contributed by atoms with Crippen molar-refractivity contribution >= 4 is 63.7 Å². The first-order valence-corrected chi connectivity index (χ1v) is 7.34. The highest BCUT2D eigenvalue weighted by Crippen LogP contribution is 2.29. The van der Waals surface area contributed by atoms with Crippen LogP contribution in [0.5, 0.6) is 0 Å². The molecule has 2 rings (SSSR count). The van der Waals surface area contributed by atoms with Gasteiger partial charge >= 0.3 is 0 Å². The van der Waals surface area contributed by atoms with Gasteiger partial charge in [-0.05, 0) is 36.5 Å². The van der Waals surface area contributed by atoms with E-state index in [9.17, 15) is 4.79 Å². The van der Waals surface area contributed by atoms with Gasteiger partial charge in [0.15, 0.2) is 5.11 Å². The molecular formula is C14H9Cl3N2OS. The summed E-state index contributed by atoms with van der Waals surface area (Å²) in [6.07, 6.45) is 0. The highest BCUT2D eigenvalue weighted by Gasteiger charge is 2.13. The van der Waals surface area contributed by atoms with Gasteiger partial charge in [0.05, 0.1) is 26.3 Å². The second kappa shape index (κ2) is 7.09. The SMILES string of the molecule is O=C(NC(=S)Nc1c(Cl)cccc1Cl)c1ccccc1Cl. The molecule has 1 amide bonds. The first-order chi connectivity index (χ1) is 9.99. The van der Waals surface area contributed by atoms with Gasteiger partial charge in [-0.2, -0.15) is 0 Å². The van der Waals surface area contributed by atoms with Crippen LogP contribution < -0.4 is 10.6 Å². The quantitative estimate of drug-likeness (QED) is 0.759. The normalized spacial score (nSPS) is 10.0.